The molecule has 8 heteroatoms. The molecule has 33 heavy (non-hydrogen) atoms. The van der Waals surface area contributed by atoms with Crippen molar-refractivity contribution in [1.82, 2.24) is 19.9 Å². The SMILES string of the molecule is Cn1ccnc1SCc1ccc(C(=O)NCc2ccc(N3CCc4ccccc4C3)nc2)o1. The number of aryl methyl sites for hydroxylation is 1. The molecule has 0 unspecified atom stereocenters. The van der Waals surface area contributed by atoms with E-state index in [1.54, 1.807) is 24.0 Å². The second-order valence-corrected chi connectivity index (χ2v) is 8.97. The van der Waals surface area contributed by atoms with E-state index in [1.165, 1.54) is 11.1 Å². The molecule has 0 fully saturated rings. The Bertz CT molecular complexity index is 1250. The number of hydrogen-bond donors (Lipinski definition) is 1. The summed E-state index contributed by atoms with van der Waals surface area (Å²) >= 11 is 1.57. The molecule has 5 rings (SSSR count). The molecule has 4 aromatic rings. The zero-order chi connectivity index (χ0) is 22.6. The van der Waals surface area contributed by atoms with Crippen molar-refractivity contribution in [2.45, 2.75) is 30.4 Å². The molecule has 1 amide bonds. The van der Waals surface area contributed by atoms with Crippen molar-refractivity contribution in [3.63, 3.8) is 0 Å². The van der Waals surface area contributed by atoms with E-state index in [1.807, 2.05) is 42.2 Å². The highest BCUT2D eigenvalue weighted by molar-refractivity contribution is 7.98. The molecule has 1 aliphatic rings. The minimum absolute atomic E-state index is 0.236. The molecule has 7 nitrogen and oxygen atoms in total. The van der Waals surface area contributed by atoms with Crippen LogP contribution in [0.2, 0.25) is 0 Å². The van der Waals surface area contributed by atoms with Gasteiger partial charge in [-0.25, -0.2) is 9.97 Å². The molecule has 1 N–H and O–H groups in total. The van der Waals surface area contributed by atoms with Gasteiger partial charge in [0, 0.05) is 45.3 Å². The zero-order valence-electron chi connectivity index (χ0n) is 18.4. The van der Waals surface area contributed by atoms with E-state index in [4.69, 9.17) is 4.42 Å². The predicted molar refractivity (Wildman–Crippen MR) is 128 cm³/mol. The Labute approximate surface area is 196 Å². The van der Waals surface area contributed by atoms with Crippen LogP contribution in [0.5, 0.6) is 0 Å². The number of nitrogens with one attached hydrogen (secondary N) is 1. The number of imidazole rings is 1. The smallest absolute Gasteiger partial charge is 0.287 e. The lowest BCUT2D eigenvalue weighted by Gasteiger charge is -2.29. The average molecular weight is 460 g/mol. The third kappa shape index (κ3) is 4.96. The molecule has 1 aromatic carbocycles. The van der Waals surface area contributed by atoms with Crippen LogP contribution in [0.15, 0.2) is 76.7 Å². The molecule has 0 saturated carbocycles. The number of rotatable bonds is 7. The summed E-state index contributed by atoms with van der Waals surface area (Å²) in [5, 5.41) is 3.81. The fraction of sp³-hybridized carbons (Fsp3) is 0.240. The first-order valence-corrected chi connectivity index (χ1v) is 11.9. The Morgan fingerprint density at radius 1 is 1.12 bits per heavy atom. The minimum atomic E-state index is -0.236. The zero-order valence-corrected chi connectivity index (χ0v) is 19.2. The van der Waals surface area contributed by atoms with Crippen LogP contribution in [0.3, 0.4) is 0 Å². The number of carbonyl (C=O) groups excluding carboxylic acids is 1. The van der Waals surface area contributed by atoms with Gasteiger partial charge in [-0.2, -0.15) is 0 Å². The lowest BCUT2D eigenvalue weighted by atomic mass is 10.00. The van der Waals surface area contributed by atoms with Crippen molar-refractivity contribution in [1.29, 1.82) is 0 Å². The minimum Gasteiger partial charge on any atom is -0.455 e. The second kappa shape index (κ2) is 9.54. The van der Waals surface area contributed by atoms with E-state index in [9.17, 15) is 4.79 Å². The molecular weight excluding hydrogens is 434 g/mol. The van der Waals surface area contributed by atoms with Crippen molar-refractivity contribution in [2.24, 2.45) is 7.05 Å². The number of pyridine rings is 1. The quantitative estimate of drug-likeness (QED) is 0.418. The molecule has 168 valence electrons. The first kappa shape index (κ1) is 21.3. The summed E-state index contributed by atoms with van der Waals surface area (Å²) in [6, 6.07) is 16.1. The van der Waals surface area contributed by atoms with Crippen molar-refractivity contribution < 1.29 is 9.21 Å². The molecule has 4 heterocycles. The van der Waals surface area contributed by atoms with E-state index < -0.39 is 0 Å². The summed E-state index contributed by atoms with van der Waals surface area (Å²) in [6.45, 7) is 2.23. The van der Waals surface area contributed by atoms with E-state index >= 15 is 0 Å². The first-order valence-electron chi connectivity index (χ1n) is 10.9. The van der Waals surface area contributed by atoms with Crippen molar-refractivity contribution in [3.05, 3.63) is 95.3 Å². The topological polar surface area (TPSA) is 76.2 Å². The monoisotopic (exact) mass is 459 g/mol. The standard InChI is InChI=1S/C25H25N5O2S/c1-29-13-11-26-25(29)33-17-21-7-8-22(32-21)24(31)28-15-18-6-9-23(27-14-18)30-12-10-19-4-2-3-5-20(19)16-30/h2-9,11,13-14H,10,12,15-17H2,1H3,(H,28,31). The molecule has 0 bridgehead atoms. The number of fused-ring (bicyclic) bond motifs is 1. The number of furan rings is 1. The maximum absolute atomic E-state index is 12.5. The molecule has 0 radical (unpaired) electrons. The van der Waals surface area contributed by atoms with Crippen LogP contribution in [0.4, 0.5) is 5.82 Å². The largest absolute Gasteiger partial charge is 0.455 e. The summed E-state index contributed by atoms with van der Waals surface area (Å²) in [5.74, 6) is 2.38. The summed E-state index contributed by atoms with van der Waals surface area (Å²) in [7, 11) is 1.95. The fourth-order valence-corrected chi connectivity index (χ4v) is 4.70. The Kier molecular flexibility index (Phi) is 6.17. The number of amides is 1. The lowest BCUT2D eigenvalue weighted by Crippen LogP contribution is -2.31. The van der Waals surface area contributed by atoms with Gasteiger partial charge in [0.2, 0.25) is 0 Å². The van der Waals surface area contributed by atoms with Gasteiger partial charge in [-0.1, -0.05) is 42.1 Å². The maximum atomic E-state index is 12.5. The Morgan fingerprint density at radius 2 is 2.00 bits per heavy atom. The average Bonchev–Trinajstić information content (AvgIpc) is 3.50. The summed E-state index contributed by atoms with van der Waals surface area (Å²) in [4.78, 5) is 23.7. The van der Waals surface area contributed by atoms with Crippen LogP contribution in [0.1, 0.15) is 33.0 Å². The summed E-state index contributed by atoms with van der Waals surface area (Å²) in [5.41, 5.74) is 3.73. The number of hydrogen-bond acceptors (Lipinski definition) is 6. The third-order valence-electron chi connectivity index (χ3n) is 5.72. The van der Waals surface area contributed by atoms with Crippen LogP contribution in [0.25, 0.3) is 0 Å². The van der Waals surface area contributed by atoms with E-state index in [0.29, 0.717) is 18.1 Å². The molecule has 1 aliphatic heterocycles. The van der Waals surface area contributed by atoms with Crippen LogP contribution in [-0.2, 0) is 32.3 Å². The number of carbonyl (C=O) groups is 1. The van der Waals surface area contributed by atoms with Crippen molar-refractivity contribution in [2.75, 3.05) is 11.4 Å². The predicted octanol–water partition coefficient (Wildman–Crippen LogP) is 4.19. The van der Waals surface area contributed by atoms with E-state index in [-0.39, 0.29) is 5.91 Å². The van der Waals surface area contributed by atoms with E-state index in [0.717, 1.165) is 41.8 Å². The second-order valence-electron chi connectivity index (χ2n) is 8.02. The molecule has 0 aliphatic carbocycles. The number of anilines is 1. The van der Waals surface area contributed by atoms with Gasteiger partial charge in [-0.05, 0) is 41.3 Å². The van der Waals surface area contributed by atoms with Gasteiger partial charge >= 0.3 is 0 Å². The van der Waals surface area contributed by atoms with Gasteiger partial charge in [-0.3, -0.25) is 4.79 Å². The molecule has 0 saturated heterocycles. The Balaban J connectivity index is 1.13. The highest BCUT2D eigenvalue weighted by Gasteiger charge is 2.17. The summed E-state index contributed by atoms with van der Waals surface area (Å²) in [6.07, 6.45) is 6.51. The van der Waals surface area contributed by atoms with E-state index in [2.05, 4.69) is 44.5 Å². The van der Waals surface area contributed by atoms with Crippen LogP contribution < -0.4 is 10.2 Å². The number of aromatic nitrogens is 3. The van der Waals surface area contributed by atoms with Gasteiger partial charge in [0.25, 0.3) is 5.91 Å². The molecule has 3 aromatic heterocycles. The highest BCUT2D eigenvalue weighted by Crippen LogP contribution is 2.24. The fourth-order valence-electron chi connectivity index (χ4n) is 3.87. The molecular formula is C25H25N5O2S. The third-order valence-corrected chi connectivity index (χ3v) is 6.80. The van der Waals surface area contributed by atoms with Gasteiger partial charge in [0.15, 0.2) is 10.9 Å². The van der Waals surface area contributed by atoms with Gasteiger partial charge < -0.3 is 19.2 Å². The Hall–Kier alpha value is -3.52. The molecule has 0 atom stereocenters. The van der Waals surface area contributed by atoms with Crippen LogP contribution in [-0.4, -0.2) is 27.0 Å². The van der Waals surface area contributed by atoms with Crippen LogP contribution in [0, 0.1) is 0 Å². The Morgan fingerprint density at radius 3 is 2.79 bits per heavy atom. The number of thioether (sulfide) groups is 1. The molecule has 0 spiro atoms. The van der Waals surface area contributed by atoms with Gasteiger partial charge in [0.1, 0.15) is 11.6 Å². The van der Waals surface area contributed by atoms with Gasteiger partial charge in [-0.15, -0.1) is 0 Å². The van der Waals surface area contributed by atoms with Crippen LogP contribution >= 0.6 is 11.8 Å². The van der Waals surface area contributed by atoms with Crippen molar-refractivity contribution >= 4 is 23.5 Å². The summed E-state index contributed by atoms with van der Waals surface area (Å²) < 4.78 is 7.66. The first-order chi connectivity index (χ1) is 16.2. The normalized spacial score (nSPS) is 13.1. The highest BCUT2D eigenvalue weighted by atomic mass is 32.2. The number of benzene rings is 1. The van der Waals surface area contributed by atoms with Crippen molar-refractivity contribution in [3.8, 4) is 0 Å². The van der Waals surface area contributed by atoms with Gasteiger partial charge in [0.05, 0.1) is 5.75 Å². The lowest BCUT2D eigenvalue weighted by molar-refractivity contribution is 0.0921. The number of nitrogens with zero attached hydrogens (tertiary/aromatic N) is 4. The maximum Gasteiger partial charge on any atom is 0.287 e.